The number of benzene rings is 1. The van der Waals surface area contributed by atoms with E-state index in [-0.39, 0.29) is 5.91 Å². The summed E-state index contributed by atoms with van der Waals surface area (Å²) < 4.78 is 0. The lowest BCUT2D eigenvalue weighted by Crippen LogP contribution is -2.42. The van der Waals surface area contributed by atoms with Crippen molar-refractivity contribution in [1.29, 1.82) is 0 Å². The van der Waals surface area contributed by atoms with Crippen molar-refractivity contribution in [3.8, 4) is 0 Å². The van der Waals surface area contributed by atoms with Gasteiger partial charge in [0.05, 0.1) is 0 Å². The largest absolute Gasteiger partial charge is 0.480 e. The molecule has 1 aromatic carbocycles. The molecule has 4 heteroatoms. The smallest absolute Gasteiger partial charge is 0.326 e. The molecule has 21 heavy (non-hydrogen) atoms. The lowest BCUT2D eigenvalue weighted by atomic mass is 9.70. The first-order chi connectivity index (χ1) is 10.1. The molecule has 2 fully saturated rings. The van der Waals surface area contributed by atoms with Crippen LogP contribution in [0.4, 0.5) is 0 Å². The van der Waals surface area contributed by atoms with Crippen molar-refractivity contribution >= 4 is 11.9 Å². The summed E-state index contributed by atoms with van der Waals surface area (Å²) in [6, 6.07) is 9.81. The van der Waals surface area contributed by atoms with Gasteiger partial charge in [0.25, 0.3) is 0 Å². The lowest BCUT2D eigenvalue weighted by molar-refractivity contribution is -0.148. The van der Waals surface area contributed by atoms with Crippen LogP contribution in [0, 0.1) is 5.92 Å². The first-order valence-electron chi connectivity index (χ1n) is 7.72. The summed E-state index contributed by atoms with van der Waals surface area (Å²) >= 11 is 0. The van der Waals surface area contributed by atoms with E-state index in [1.54, 1.807) is 4.90 Å². The maximum atomic E-state index is 12.3. The number of nitrogens with zero attached hydrogens (tertiary/aromatic N) is 1. The molecular weight excluding hydrogens is 266 g/mol. The number of carboxylic acid groups (broad SMARTS) is 1. The molecule has 1 heterocycles. The standard InChI is InChI=1S/C17H21NO3/c19-16(18-8-4-7-15(18)17(20)21)11-12-9-14(10-12)13-5-2-1-3-6-13/h1-3,5-6,12,14-15H,4,7-11H2,(H,20,21)/t12?,14?,15-/m1/s1. The van der Waals surface area contributed by atoms with E-state index in [9.17, 15) is 9.59 Å². The number of hydrogen-bond donors (Lipinski definition) is 1. The van der Waals surface area contributed by atoms with Gasteiger partial charge in [-0.3, -0.25) is 4.79 Å². The number of likely N-dealkylation sites (tertiary alicyclic amines) is 1. The van der Waals surface area contributed by atoms with Crippen LogP contribution in [0.3, 0.4) is 0 Å². The average Bonchev–Trinajstić information content (AvgIpc) is 2.92. The number of carbonyl (C=O) groups is 2. The maximum Gasteiger partial charge on any atom is 0.326 e. The first-order valence-corrected chi connectivity index (χ1v) is 7.72. The van der Waals surface area contributed by atoms with Gasteiger partial charge in [-0.05, 0) is 43.1 Å². The van der Waals surface area contributed by atoms with Crippen LogP contribution in [0.5, 0.6) is 0 Å². The summed E-state index contributed by atoms with van der Waals surface area (Å²) in [6.45, 7) is 0.602. The van der Waals surface area contributed by atoms with Crippen molar-refractivity contribution in [2.24, 2.45) is 5.92 Å². The van der Waals surface area contributed by atoms with Gasteiger partial charge in [-0.25, -0.2) is 4.79 Å². The Kier molecular flexibility index (Phi) is 3.95. The predicted molar refractivity (Wildman–Crippen MR) is 78.9 cm³/mol. The number of carbonyl (C=O) groups excluding carboxylic acids is 1. The van der Waals surface area contributed by atoms with E-state index in [1.807, 2.05) is 6.07 Å². The molecule has 3 rings (SSSR count). The molecule has 1 aromatic rings. The van der Waals surface area contributed by atoms with E-state index < -0.39 is 12.0 Å². The fraction of sp³-hybridized carbons (Fsp3) is 0.529. The molecule has 1 N–H and O–H groups in total. The third-order valence-electron chi connectivity index (χ3n) is 4.83. The molecule has 0 bridgehead atoms. The Morgan fingerprint density at radius 2 is 1.90 bits per heavy atom. The number of hydrogen-bond acceptors (Lipinski definition) is 2. The van der Waals surface area contributed by atoms with Gasteiger partial charge in [0, 0.05) is 13.0 Å². The lowest BCUT2D eigenvalue weighted by Gasteiger charge is -2.36. The van der Waals surface area contributed by atoms with E-state index in [4.69, 9.17) is 5.11 Å². The van der Waals surface area contributed by atoms with Crippen molar-refractivity contribution in [3.05, 3.63) is 35.9 Å². The van der Waals surface area contributed by atoms with Crippen molar-refractivity contribution in [3.63, 3.8) is 0 Å². The van der Waals surface area contributed by atoms with E-state index in [0.29, 0.717) is 31.2 Å². The highest BCUT2D eigenvalue weighted by molar-refractivity contribution is 5.84. The zero-order chi connectivity index (χ0) is 14.8. The molecule has 2 aliphatic rings. The van der Waals surface area contributed by atoms with Crippen LogP contribution in [0.2, 0.25) is 0 Å². The Morgan fingerprint density at radius 1 is 1.19 bits per heavy atom. The van der Waals surface area contributed by atoms with E-state index in [2.05, 4.69) is 24.3 Å². The summed E-state index contributed by atoms with van der Waals surface area (Å²) in [5.41, 5.74) is 1.35. The second-order valence-corrected chi connectivity index (χ2v) is 6.23. The quantitative estimate of drug-likeness (QED) is 0.926. The van der Waals surface area contributed by atoms with Crippen LogP contribution in [0.15, 0.2) is 30.3 Å². The Labute approximate surface area is 124 Å². The summed E-state index contributed by atoms with van der Waals surface area (Å²) in [5, 5.41) is 9.13. The highest BCUT2D eigenvalue weighted by Gasteiger charge is 2.37. The fourth-order valence-corrected chi connectivity index (χ4v) is 3.59. The van der Waals surface area contributed by atoms with Crippen LogP contribution in [-0.4, -0.2) is 34.5 Å². The van der Waals surface area contributed by atoms with E-state index in [1.165, 1.54) is 5.56 Å². The Morgan fingerprint density at radius 3 is 2.57 bits per heavy atom. The molecule has 1 saturated heterocycles. The van der Waals surface area contributed by atoms with Gasteiger partial charge in [0.15, 0.2) is 0 Å². The van der Waals surface area contributed by atoms with Crippen LogP contribution in [0.1, 0.15) is 43.6 Å². The van der Waals surface area contributed by atoms with Gasteiger partial charge in [0.1, 0.15) is 6.04 Å². The molecule has 1 aliphatic carbocycles. The molecule has 1 aliphatic heterocycles. The minimum absolute atomic E-state index is 0.0245. The zero-order valence-corrected chi connectivity index (χ0v) is 12.1. The Balaban J connectivity index is 1.50. The molecule has 0 unspecified atom stereocenters. The van der Waals surface area contributed by atoms with E-state index >= 15 is 0 Å². The van der Waals surface area contributed by atoms with Gasteiger partial charge in [-0.1, -0.05) is 30.3 Å². The number of carboxylic acids is 1. The molecule has 0 spiro atoms. The van der Waals surface area contributed by atoms with Gasteiger partial charge in [-0.2, -0.15) is 0 Å². The van der Waals surface area contributed by atoms with E-state index in [0.717, 1.165) is 19.3 Å². The molecule has 0 aromatic heterocycles. The second kappa shape index (κ2) is 5.88. The second-order valence-electron chi connectivity index (χ2n) is 6.23. The SMILES string of the molecule is O=C(O)[C@H]1CCCN1C(=O)CC1CC(c2ccccc2)C1. The Bertz CT molecular complexity index is 522. The maximum absolute atomic E-state index is 12.3. The minimum Gasteiger partial charge on any atom is -0.480 e. The molecule has 112 valence electrons. The van der Waals surface area contributed by atoms with Crippen LogP contribution in [-0.2, 0) is 9.59 Å². The average molecular weight is 287 g/mol. The zero-order valence-electron chi connectivity index (χ0n) is 12.1. The minimum atomic E-state index is -0.864. The van der Waals surface area contributed by atoms with Crippen LogP contribution < -0.4 is 0 Å². The third-order valence-corrected chi connectivity index (χ3v) is 4.83. The summed E-state index contributed by atoms with van der Waals surface area (Å²) in [6.07, 6.45) is 3.99. The van der Waals surface area contributed by atoms with Crippen LogP contribution in [0.25, 0.3) is 0 Å². The highest BCUT2D eigenvalue weighted by atomic mass is 16.4. The number of amides is 1. The molecule has 0 radical (unpaired) electrons. The molecule has 1 saturated carbocycles. The van der Waals surface area contributed by atoms with Crippen molar-refractivity contribution in [2.75, 3.05) is 6.54 Å². The van der Waals surface area contributed by atoms with Crippen molar-refractivity contribution in [2.45, 2.75) is 44.1 Å². The summed E-state index contributed by atoms with van der Waals surface area (Å²) in [5.74, 6) is 0.142. The topological polar surface area (TPSA) is 57.6 Å². The molecule has 4 nitrogen and oxygen atoms in total. The highest BCUT2D eigenvalue weighted by Crippen LogP contribution is 2.43. The molecular formula is C17H21NO3. The number of aliphatic carboxylic acids is 1. The van der Waals surface area contributed by atoms with Crippen LogP contribution >= 0.6 is 0 Å². The summed E-state index contributed by atoms with van der Waals surface area (Å²) in [7, 11) is 0. The van der Waals surface area contributed by atoms with Gasteiger partial charge in [0.2, 0.25) is 5.91 Å². The van der Waals surface area contributed by atoms with Gasteiger partial charge in [-0.15, -0.1) is 0 Å². The van der Waals surface area contributed by atoms with Crippen molar-refractivity contribution < 1.29 is 14.7 Å². The molecule has 1 amide bonds. The van der Waals surface area contributed by atoms with Gasteiger partial charge < -0.3 is 10.0 Å². The monoisotopic (exact) mass is 287 g/mol. The normalized spacial score (nSPS) is 28.2. The summed E-state index contributed by atoms with van der Waals surface area (Å²) in [4.78, 5) is 25.0. The molecule has 1 atom stereocenters. The number of rotatable bonds is 4. The first kappa shape index (κ1) is 14.1. The predicted octanol–water partition coefficient (Wildman–Crippen LogP) is 2.65. The van der Waals surface area contributed by atoms with Gasteiger partial charge >= 0.3 is 5.97 Å². The fourth-order valence-electron chi connectivity index (χ4n) is 3.59. The van der Waals surface area contributed by atoms with Crippen molar-refractivity contribution in [1.82, 2.24) is 4.90 Å². The Hall–Kier alpha value is -1.84. The third kappa shape index (κ3) is 2.94.